The van der Waals surface area contributed by atoms with Crippen molar-refractivity contribution < 1.29 is 4.39 Å². The molecule has 1 aromatic rings. The summed E-state index contributed by atoms with van der Waals surface area (Å²) in [5.41, 5.74) is 1.71. The minimum absolute atomic E-state index is 0.139. The van der Waals surface area contributed by atoms with Crippen molar-refractivity contribution in [3.63, 3.8) is 0 Å². The Labute approximate surface area is 103 Å². The normalized spacial score (nSPS) is 10.4. The molecule has 0 aliphatic rings. The predicted molar refractivity (Wildman–Crippen MR) is 70.7 cm³/mol. The summed E-state index contributed by atoms with van der Waals surface area (Å²) in [7, 11) is 2.00. The lowest BCUT2D eigenvalue weighted by Gasteiger charge is -2.21. The second-order valence-corrected chi connectivity index (χ2v) is 4.83. The first-order valence-corrected chi connectivity index (χ1v) is 7.25. The molecule has 0 aliphatic carbocycles. The van der Waals surface area contributed by atoms with Crippen LogP contribution in [0.5, 0.6) is 0 Å². The number of hydrogen-bond donors (Lipinski definition) is 0. The molecule has 84 valence electrons. The molecule has 0 unspecified atom stereocenters. The Morgan fingerprint density at radius 1 is 1.47 bits per heavy atom. The molecule has 1 nitrogen and oxygen atoms in total. The van der Waals surface area contributed by atoms with Crippen LogP contribution in [-0.4, -0.2) is 25.6 Å². The average Bonchev–Trinajstić information content (AvgIpc) is 2.25. The molecule has 1 aromatic carbocycles. The van der Waals surface area contributed by atoms with E-state index in [0.29, 0.717) is 5.33 Å². The molecule has 0 N–H and O–H groups in total. The fourth-order valence-electron chi connectivity index (χ4n) is 1.39. The zero-order chi connectivity index (χ0) is 11.3. The third-order valence-corrected chi connectivity index (χ3v) is 3.42. The first-order valence-electron chi connectivity index (χ1n) is 4.74. The Kier molecular flexibility index (Phi) is 5.47. The third kappa shape index (κ3) is 3.38. The van der Waals surface area contributed by atoms with Crippen molar-refractivity contribution in [2.75, 3.05) is 30.5 Å². The second-order valence-electron chi connectivity index (χ2n) is 3.29. The summed E-state index contributed by atoms with van der Waals surface area (Å²) in [6, 6.07) is 5.22. The molecule has 4 heteroatoms. The number of thioether (sulfide) groups is 1. The number of anilines is 1. The van der Waals surface area contributed by atoms with Crippen LogP contribution in [0, 0.1) is 5.82 Å². The van der Waals surface area contributed by atoms with Gasteiger partial charge in [-0.15, -0.1) is 0 Å². The van der Waals surface area contributed by atoms with E-state index in [9.17, 15) is 4.39 Å². The molecule has 0 aromatic heterocycles. The standard InChI is InChI=1S/C11H15BrFNS/c1-14(6-7-15-2)11-5-3-4-10(13)9(11)8-12/h3-5H,6-8H2,1-2H3. The van der Waals surface area contributed by atoms with Crippen LogP contribution in [0.1, 0.15) is 5.56 Å². The summed E-state index contributed by atoms with van der Waals surface area (Å²) in [6.45, 7) is 0.935. The monoisotopic (exact) mass is 291 g/mol. The number of halogens is 2. The van der Waals surface area contributed by atoms with Crippen LogP contribution in [0.15, 0.2) is 18.2 Å². The van der Waals surface area contributed by atoms with E-state index in [-0.39, 0.29) is 5.82 Å². The minimum Gasteiger partial charge on any atom is -0.373 e. The van der Waals surface area contributed by atoms with Gasteiger partial charge in [-0.25, -0.2) is 4.39 Å². The Bertz CT molecular complexity index is 319. The number of hydrogen-bond acceptors (Lipinski definition) is 2. The van der Waals surface area contributed by atoms with E-state index in [1.807, 2.05) is 13.1 Å². The number of rotatable bonds is 5. The van der Waals surface area contributed by atoms with Crippen molar-refractivity contribution in [3.05, 3.63) is 29.6 Å². The Hall–Kier alpha value is -0.220. The van der Waals surface area contributed by atoms with Crippen molar-refractivity contribution in [3.8, 4) is 0 Å². The molecule has 0 atom stereocenters. The second kappa shape index (κ2) is 6.38. The first-order chi connectivity index (χ1) is 7.20. The summed E-state index contributed by atoms with van der Waals surface area (Å²) in [4.78, 5) is 2.09. The van der Waals surface area contributed by atoms with Gasteiger partial charge in [0.1, 0.15) is 5.82 Å². The molecule has 0 heterocycles. The lowest BCUT2D eigenvalue weighted by atomic mass is 10.2. The average molecular weight is 292 g/mol. The quantitative estimate of drug-likeness (QED) is 0.764. The molecule has 0 fully saturated rings. The fraction of sp³-hybridized carbons (Fsp3) is 0.455. The summed E-state index contributed by atoms with van der Waals surface area (Å²) < 4.78 is 13.5. The van der Waals surface area contributed by atoms with E-state index < -0.39 is 0 Å². The Balaban J connectivity index is 2.87. The molecular formula is C11H15BrFNS. The highest BCUT2D eigenvalue weighted by Gasteiger charge is 2.10. The van der Waals surface area contributed by atoms with Crippen LogP contribution >= 0.6 is 27.7 Å². The van der Waals surface area contributed by atoms with Crippen LogP contribution in [0.3, 0.4) is 0 Å². The van der Waals surface area contributed by atoms with Crippen LogP contribution in [-0.2, 0) is 5.33 Å². The molecule has 0 saturated heterocycles. The predicted octanol–water partition coefficient (Wildman–Crippen LogP) is 3.52. The van der Waals surface area contributed by atoms with Gasteiger partial charge < -0.3 is 4.90 Å². The SMILES string of the molecule is CSCCN(C)c1cccc(F)c1CBr. The zero-order valence-electron chi connectivity index (χ0n) is 8.96. The first kappa shape index (κ1) is 12.8. The zero-order valence-corrected chi connectivity index (χ0v) is 11.4. The van der Waals surface area contributed by atoms with Gasteiger partial charge in [0.25, 0.3) is 0 Å². The van der Waals surface area contributed by atoms with Crippen LogP contribution in [0.25, 0.3) is 0 Å². The van der Waals surface area contributed by atoms with Crippen molar-refractivity contribution >= 4 is 33.4 Å². The van der Waals surface area contributed by atoms with Gasteiger partial charge in [0.15, 0.2) is 0 Å². The van der Waals surface area contributed by atoms with Gasteiger partial charge in [-0.3, -0.25) is 0 Å². The largest absolute Gasteiger partial charge is 0.373 e. The van der Waals surface area contributed by atoms with Gasteiger partial charge in [-0.2, -0.15) is 11.8 Å². The van der Waals surface area contributed by atoms with E-state index in [1.165, 1.54) is 6.07 Å². The molecule has 0 radical (unpaired) electrons. The molecule has 0 amide bonds. The van der Waals surface area contributed by atoms with E-state index in [0.717, 1.165) is 23.5 Å². The van der Waals surface area contributed by atoms with Gasteiger partial charge in [0.05, 0.1) is 0 Å². The highest BCUT2D eigenvalue weighted by molar-refractivity contribution is 9.08. The van der Waals surface area contributed by atoms with Crippen LogP contribution in [0.2, 0.25) is 0 Å². The van der Waals surface area contributed by atoms with Crippen molar-refractivity contribution in [2.45, 2.75) is 5.33 Å². The molecule has 0 bridgehead atoms. The highest BCUT2D eigenvalue weighted by atomic mass is 79.9. The van der Waals surface area contributed by atoms with Crippen LogP contribution in [0.4, 0.5) is 10.1 Å². The number of nitrogens with zero attached hydrogens (tertiary/aromatic N) is 1. The van der Waals surface area contributed by atoms with E-state index in [1.54, 1.807) is 17.8 Å². The summed E-state index contributed by atoms with van der Waals surface area (Å²) >= 11 is 5.12. The highest BCUT2D eigenvalue weighted by Crippen LogP contribution is 2.24. The molecule has 0 spiro atoms. The molecular weight excluding hydrogens is 277 g/mol. The number of benzene rings is 1. The summed E-state index contributed by atoms with van der Waals surface area (Å²) in [5, 5.41) is 0.554. The van der Waals surface area contributed by atoms with Gasteiger partial charge in [0.2, 0.25) is 0 Å². The van der Waals surface area contributed by atoms with Crippen molar-refractivity contribution in [2.24, 2.45) is 0 Å². The van der Waals surface area contributed by atoms with Gasteiger partial charge in [-0.05, 0) is 18.4 Å². The van der Waals surface area contributed by atoms with Gasteiger partial charge in [0, 0.05) is 35.9 Å². The topological polar surface area (TPSA) is 3.24 Å². The lowest BCUT2D eigenvalue weighted by Crippen LogP contribution is -2.21. The summed E-state index contributed by atoms with van der Waals surface area (Å²) in [6.07, 6.45) is 2.07. The molecule has 1 rings (SSSR count). The van der Waals surface area contributed by atoms with E-state index in [2.05, 4.69) is 27.1 Å². The Morgan fingerprint density at radius 2 is 2.20 bits per heavy atom. The molecule has 15 heavy (non-hydrogen) atoms. The summed E-state index contributed by atoms with van der Waals surface area (Å²) in [5.74, 6) is 0.912. The lowest BCUT2D eigenvalue weighted by molar-refractivity contribution is 0.617. The van der Waals surface area contributed by atoms with Crippen molar-refractivity contribution in [1.82, 2.24) is 0 Å². The van der Waals surface area contributed by atoms with Crippen molar-refractivity contribution in [1.29, 1.82) is 0 Å². The number of alkyl halides is 1. The van der Waals surface area contributed by atoms with Gasteiger partial charge in [-0.1, -0.05) is 22.0 Å². The Morgan fingerprint density at radius 3 is 2.80 bits per heavy atom. The molecule has 0 aliphatic heterocycles. The molecule has 0 saturated carbocycles. The fourth-order valence-corrected chi connectivity index (χ4v) is 2.40. The third-order valence-electron chi connectivity index (χ3n) is 2.27. The maximum atomic E-state index is 13.5. The van der Waals surface area contributed by atoms with E-state index in [4.69, 9.17) is 0 Å². The smallest absolute Gasteiger partial charge is 0.129 e. The maximum Gasteiger partial charge on any atom is 0.129 e. The van der Waals surface area contributed by atoms with Gasteiger partial charge >= 0.3 is 0 Å². The van der Waals surface area contributed by atoms with Crippen LogP contribution < -0.4 is 4.90 Å². The minimum atomic E-state index is -0.139. The van der Waals surface area contributed by atoms with E-state index >= 15 is 0 Å². The maximum absolute atomic E-state index is 13.5.